The highest BCUT2D eigenvalue weighted by Crippen LogP contribution is 2.64. The van der Waals surface area contributed by atoms with Crippen molar-refractivity contribution in [2.75, 3.05) is 35.5 Å². The summed E-state index contributed by atoms with van der Waals surface area (Å²) in [6.45, 7) is 0. The lowest BCUT2D eigenvalue weighted by Crippen LogP contribution is -2.59. The number of benzene rings is 6. The molecule has 9 heteroatoms. The van der Waals surface area contributed by atoms with Crippen molar-refractivity contribution < 1.29 is 38.4 Å². The van der Waals surface area contributed by atoms with Gasteiger partial charge in [0.15, 0.2) is 34.2 Å². The molecule has 0 heterocycles. The van der Waals surface area contributed by atoms with Crippen molar-refractivity contribution in [1.82, 2.24) is 0 Å². The van der Waals surface area contributed by atoms with Gasteiger partial charge in [0.25, 0.3) is 0 Å². The van der Waals surface area contributed by atoms with Crippen LogP contribution < -0.4 is 18.9 Å². The number of hydrogen-bond donors (Lipinski definition) is 1. The third-order valence-corrected chi connectivity index (χ3v) is 11.3. The number of hydrogen-bond acceptors (Lipinski definition) is 9. The van der Waals surface area contributed by atoms with Gasteiger partial charge in [-0.3, -0.25) is 9.59 Å². The smallest absolute Gasteiger partial charge is 0.327 e. The molecule has 1 fully saturated rings. The maximum Gasteiger partial charge on any atom is 0.327 e. The lowest BCUT2D eigenvalue weighted by molar-refractivity contribution is -0.162. The number of carbonyl (C=O) groups is 2. The Morgan fingerprint density at radius 2 is 1.16 bits per heavy atom. The molecule has 0 aromatic heterocycles. The maximum absolute atomic E-state index is 15.6. The number of Topliss-reactive ketones (excluding diaryl/α,β-unsaturated/α-hetero) is 1. The quantitative estimate of drug-likeness (QED) is 0.109. The number of carbonyl (C=O) groups excluding carboxylic acids is 2. The predicted octanol–water partition coefficient (Wildman–Crippen LogP) is 8.37. The van der Waals surface area contributed by atoms with Crippen LogP contribution in [0.3, 0.4) is 0 Å². The van der Waals surface area contributed by atoms with Crippen LogP contribution in [0.4, 0.5) is 0 Å². The molecular weight excluding hydrogens is 695 g/mol. The van der Waals surface area contributed by atoms with Crippen LogP contribution in [0.25, 0.3) is 21.5 Å². The molecule has 278 valence electrons. The van der Waals surface area contributed by atoms with Crippen LogP contribution in [0.5, 0.6) is 23.0 Å². The second-order valence-electron chi connectivity index (χ2n) is 13.8. The molecule has 5 atom stereocenters. The molecule has 1 aliphatic carbocycles. The zero-order chi connectivity index (χ0) is 38.9. The van der Waals surface area contributed by atoms with Crippen LogP contribution in [0, 0.1) is 22.7 Å². The normalized spacial score (nSPS) is 22.0. The number of esters is 1. The molecule has 1 saturated carbocycles. The second kappa shape index (κ2) is 14.8. The van der Waals surface area contributed by atoms with Gasteiger partial charge in [0, 0.05) is 17.4 Å². The van der Waals surface area contributed by atoms with E-state index in [1.165, 1.54) is 35.5 Å². The van der Waals surface area contributed by atoms with E-state index >= 15 is 4.79 Å². The van der Waals surface area contributed by atoms with Crippen LogP contribution in [-0.4, -0.2) is 52.4 Å². The molecular formula is C46H41NO8. The fraction of sp³-hybridized carbons (Fsp3) is 0.239. The fourth-order valence-electron chi connectivity index (χ4n) is 8.58. The third kappa shape index (κ3) is 6.09. The minimum atomic E-state index is -2.08. The lowest BCUT2D eigenvalue weighted by Gasteiger charge is -2.54. The van der Waals surface area contributed by atoms with E-state index in [9.17, 15) is 15.2 Å². The number of methoxy groups -OCH3 is 5. The first-order valence-electron chi connectivity index (χ1n) is 17.9. The SMILES string of the molecule is COC(=O)[C@@]1(C#N)[C@@H](c2ccc(OC)c(OC)c2)C[C@@](O)(c2ccc3ccccc3c2)[C@H](C(=O)c2ccc3ccccc3c2)[C@@H]1c1ccc(OC)c(OC)c1. The molecule has 1 aliphatic rings. The Hall–Kier alpha value is -6.37. The molecule has 0 unspecified atom stereocenters. The minimum absolute atomic E-state index is 0.211. The average molecular weight is 736 g/mol. The van der Waals surface area contributed by atoms with Gasteiger partial charge >= 0.3 is 5.97 Å². The van der Waals surface area contributed by atoms with Gasteiger partial charge in [-0.2, -0.15) is 5.26 Å². The first-order valence-corrected chi connectivity index (χ1v) is 17.9. The first kappa shape index (κ1) is 37.0. The maximum atomic E-state index is 15.6. The Kier molecular flexibility index (Phi) is 9.95. The van der Waals surface area contributed by atoms with Crippen LogP contribution >= 0.6 is 0 Å². The van der Waals surface area contributed by atoms with E-state index in [-0.39, 0.29) is 6.42 Å². The van der Waals surface area contributed by atoms with Gasteiger partial charge in [-0.15, -0.1) is 0 Å². The molecule has 0 spiro atoms. The van der Waals surface area contributed by atoms with E-state index in [0.29, 0.717) is 45.3 Å². The zero-order valence-electron chi connectivity index (χ0n) is 31.2. The zero-order valence-corrected chi connectivity index (χ0v) is 31.2. The van der Waals surface area contributed by atoms with Gasteiger partial charge in [0.05, 0.1) is 47.5 Å². The Morgan fingerprint density at radius 3 is 1.73 bits per heavy atom. The monoisotopic (exact) mass is 735 g/mol. The fourth-order valence-corrected chi connectivity index (χ4v) is 8.58. The predicted molar refractivity (Wildman–Crippen MR) is 209 cm³/mol. The molecule has 0 aliphatic heterocycles. The van der Waals surface area contributed by atoms with E-state index in [2.05, 4.69) is 6.07 Å². The summed E-state index contributed by atoms with van der Waals surface area (Å²) in [6, 6.07) is 39.0. The largest absolute Gasteiger partial charge is 0.493 e. The van der Waals surface area contributed by atoms with Crippen LogP contribution in [0.1, 0.15) is 45.3 Å². The third-order valence-electron chi connectivity index (χ3n) is 11.3. The highest BCUT2D eigenvalue weighted by molar-refractivity contribution is 6.03. The minimum Gasteiger partial charge on any atom is -0.493 e. The summed E-state index contributed by atoms with van der Waals surface area (Å²) in [4.78, 5) is 30.3. The molecule has 0 bridgehead atoms. The number of nitrogens with zero attached hydrogens (tertiary/aromatic N) is 1. The standard InChI is InChI=1S/C46H41NO8/c1-51-37-20-17-32(24-39(37)53-3)36-26-46(50,35-19-16-29-11-7-9-13-31(29)23-35)42(43(48)34-15-14-28-10-6-8-12-30(28)22-34)41(45(36,27-47)44(49)55-5)33-18-21-38(52-2)40(25-33)54-4/h6-25,36,41-42,50H,26H2,1-5H3/t36-,41+,42+,45+,46-/m1/s1. The van der Waals surface area contributed by atoms with Crippen molar-refractivity contribution in [3.05, 3.63) is 144 Å². The van der Waals surface area contributed by atoms with E-state index in [1.54, 1.807) is 48.5 Å². The summed E-state index contributed by atoms with van der Waals surface area (Å²) in [6.07, 6.45) is -0.211. The molecule has 0 saturated heterocycles. The van der Waals surface area contributed by atoms with Crippen molar-refractivity contribution in [2.45, 2.75) is 23.9 Å². The van der Waals surface area contributed by atoms with Crippen molar-refractivity contribution in [3.8, 4) is 29.1 Å². The van der Waals surface area contributed by atoms with Gasteiger partial charge in [0.1, 0.15) is 5.60 Å². The van der Waals surface area contributed by atoms with Crippen molar-refractivity contribution in [1.29, 1.82) is 5.26 Å². The summed E-state index contributed by atoms with van der Waals surface area (Å²) >= 11 is 0. The van der Waals surface area contributed by atoms with Crippen LogP contribution in [-0.2, 0) is 15.1 Å². The number of fused-ring (bicyclic) bond motifs is 2. The van der Waals surface area contributed by atoms with Gasteiger partial charge in [0.2, 0.25) is 0 Å². The number of aliphatic hydroxyl groups is 1. The number of ketones is 1. The second-order valence-corrected chi connectivity index (χ2v) is 13.8. The van der Waals surface area contributed by atoms with Crippen LogP contribution in [0.2, 0.25) is 0 Å². The number of ether oxygens (including phenoxy) is 5. The molecule has 0 radical (unpaired) electrons. The van der Waals surface area contributed by atoms with Crippen molar-refractivity contribution >= 4 is 33.3 Å². The van der Waals surface area contributed by atoms with E-state index in [4.69, 9.17) is 23.7 Å². The summed E-state index contributed by atoms with van der Waals surface area (Å²) < 4.78 is 28.1. The van der Waals surface area contributed by atoms with Crippen molar-refractivity contribution in [3.63, 3.8) is 0 Å². The van der Waals surface area contributed by atoms with Gasteiger partial charge < -0.3 is 28.8 Å². The molecule has 0 amide bonds. The summed E-state index contributed by atoms with van der Waals surface area (Å²) in [5.74, 6) is -3.52. The van der Waals surface area contributed by atoms with Crippen molar-refractivity contribution in [2.24, 2.45) is 11.3 Å². The molecule has 55 heavy (non-hydrogen) atoms. The topological polar surface area (TPSA) is 124 Å². The van der Waals surface area contributed by atoms with E-state index < -0.39 is 40.5 Å². The summed E-state index contributed by atoms with van der Waals surface area (Å²) in [5, 5.41) is 28.9. The van der Waals surface area contributed by atoms with Gasteiger partial charge in [-0.05, 0) is 81.1 Å². The lowest BCUT2D eigenvalue weighted by atomic mass is 9.47. The molecule has 7 rings (SSSR count). The van der Waals surface area contributed by atoms with E-state index in [1.807, 2.05) is 72.8 Å². The highest BCUT2D eigenvalue weighted by atomic mass is 16.5. The number of rotatable bonds is 10. The van der Waals surface area contributed by atoms with Gasteiger partial charge in [-0.25, -0.2) is 0 Å². The molecule has 1 N–H and O–H groups in total. The van der Waals surface area contributed by atoms with E-state index in [0.717, 1.165) is 21.5 Å². The summed E-state index contributed by atoms with van der Waals surface area (Å²) in [7, 11) is 7.22. The molecule has 6 aromatic carbocycles. The summed E-state index contributed by atoms with van der Waals surface area (Å²) in [5.41, 5.74) is -2.36. The highest BCUT2D eigenvalue weighted by Gasteiger charge is 2.67. The average Bonchev–Trinajstić information content (AvgIpc) is 3.24. The Balaban J connectivity index is 1.60. The Bertz CT molecular complexity index is 2470. The first-order chi connectivity index (χ1) is 26.7. The Morgan fingerprint density at radius 1 is 0.636 bits per heavy atom. The van der Waals surface area contributed by atoms with Gasteiger partial charge in [-0.1, -0.05) is 84.9 Å². The number of nitriles is 1. The Labute approximate surface area is 319 Å². The molecule has 6 aromatic rings. The van der Waals surface area contributed by atoms with Crippen LogP contribution in [0.15, 0.2) is 121 Å². The molecule has 9 nitrogen and oxygen atoms in total.